The van der Waals surface area contributed by atoms with Crippen molar-refractivity contribution < 1.29 is 4.74 Å². The molecule has 0 spiro atoms. The van der Waals surface area contributed by atoms with Crippen LogP contribution in [0, 0.1) is 0 Å². The van der Waals surface area contributed by atoms with Gasteiger partial charge in [-0.1, -0.05) is 21.1 Å². The lowest BCUT2D eigenvalue weighted by Gasteiger charge is -2.08. The van der Waals surface area contributed by atoms with Gasteiger partial charge in [0, 0.05) is 22.7 Å². The summed E-state index contributed by atoms with van der Waals surface area (Å²) in [6.07, 6.45) is 4.55. The monoisotopic (exact) mass is 345 g/mol. The summed E-state index contributed by atoms with van der Waals surface area (Å²) < 4.78 is 8.61. The van der Waals surface area contributed by atoms with E-state index in [0.29, 0.717) is 6.54 Å². The molecule has 4 rings (SSSR count). The number of hydrogen-bond donors (Lipinski definition) is 1. The van der Waals surface area contributed by atoms with Crippen LogP contribution in [0.15, 0.2) is 35.1 Å². The minimum absolute atomic E-state index is 0.628. The van der Waals surface area contributed by atoms with Crippen LogP contribution in [0.4, 0.5) is 0 Å². The van der Waals surface area contributed by atoms with E-state index < -0.39 is 0 Å². The normalized spacial score (nSPS) is 13.2. The lowest BCUT2D eigenvalue weighted by molar-refractivity contribution is 0.352. The molecular formula is C14H12BrN5O. The first kappa shape index (κ1) is 12.6. The molecule has 0 radical (unpaired) electrons. The SMILES string of the molecule is Brc1cc2c(c(Cn3cc(-c4ccn[nH]4)nn3)c1)OCC2. The third kappa shape index (κ3) is 2.33. The molecule has 1 aliphatic rings. The number of H-pyrrole nitrogens is 1. The van der Waals surface area contributed by atoms with Crippen molar-refractivity contribution in [1.82, 2.24) is 25.2 Å². The summed E-state index contributed by atoms with van der Waals surface area (Å²) in [5, 5.41) is 15.1. The van der Waals surface area contributed by atoms with Crippen LogP contribution >= 0.6 is 15.9 Å². The van der Waals surface area contributed by atoms with Crippen LogP contribution in [0.5, 0.6) is 5.75 Å². The zero-order valence-corrected chi connectivity index (χ0v) is 12.7. The maximum Gasteiger partial charge on any atom is 0.130 e. The van der Waals surface area contributed by atoms with Crippen LogP contribution < -0.4 is 4.74 Å². The van der Waals surface area contributed by atoms with Crippen molar-refractivity contribution in [2.75, 3.05) is 6.61 Å². The van der Waals surface area contributed by atoms with Gasteiger partial charge >= 0.3 is 0 Å². The van der Waals surface area contributed by atoms with Gasteiger partial charge in [0.15, 0.2) is 0 Å². The number of benzene rings is 1. The minimum atomic E-state index is 0.628. The van der Waals surface area contributed by atoms with Crippen molar-refractivity contribution >= 4 is 15.9 Å². The minimum Gasteiger partial charge on any atom is -0.493 e. The highest BCUT2D eigenvalue weighted by Crippen LogP contribution is 2.33. The molecule has 3 heterocycles. The second kappa shape index (κ2) is 5.00. The molecule has 0 saturated carbocycles. The number of fused-ring (bicyclic) bond motifs is 1. The molecule has 21 heavy (non-hydrogen) atoms. The third-order valence-electron chi connectivity index (χ3n) is 3.47. The summed E-state index contributed by atoms with van der Waals surface area (Å²) in [6, 6.07) is 6.05. The number of aromatic amines is 1. The predicted octanol–water partition coefficient (Wildman–Crippen LogP) is 2.41. The van der Waals surface area contributed by atoms with Crippen LogP contribution in [0.3, 0.4) is 0 Å². The Kier molecular flexibility index (Phi) is 2.99. The summed E-state index contributed by atoms with van der Waals surface area (Å²) in [4.78, 5) is 0. The first-order valence-electron chi connectivity index (χ1n) is 6.63. The Morgan fingerprint density at radius 1 is 1.38 bits per heavy atom. The zero-order chi connectivity index (χ0) is 14.2. The fourth-order valence-electron chi connectivity index (χ4n) is 2.54. The van der Waals surface area contributed by atoms with Gasteiger partial charge in [0.25, 0.3) is 0 Å². The Morgan fingerprint density at radius 3 is 3.19 bits per heavy atom. The second-order valence-electron chi connectivity index (χ2n) is 4.92. The first-order chi connectivity index (χ1) is 10.3. The average molecular weight is 346 g/mol. The molecule has 1 N–H and O–H groups in total. The quantitative estimate of drug-likeness (QED) is 0.791. The van der Waals surface area contributed by atoms with Crippen molar-refractivity contribution in [3.8, 4) is 17.1 Å². The summed E-state index contributed by atoms with van der Waals surface area (Å²) in [6.45, 7) is 1.37. The molecule has 3 aromatic rings. The Labute approximate surface area is 129 Å². The largest absolute Gasteiger partial charge is 0.493 e. The average Bonchev–Trinajstić information content (AvgIpc) is 3.19. The molecule has 1 aromatic carbocycles. The van der Waals surface area contributed by atoms with E-state index in [1.807, 2.05) is 12.3 Å². The van der Waals surface area contributed by atoms with Gasteiger partial charge in [-0.05, 0) is 23.8 Å². The third-order valence-corrected chi connectivity index (χ3v) is 3.93. The van der Waals surface area contributed by atoms with Crippen molar-refractivity contribution in [3.05, 3.63) is 46.2 Å². The highest BCUT2D eigenvalue weighted by molar-refractivity contribution is 9.10. The van der Waals surface area contributed by atoms with Gasteiger partial charge < -0.3 is 4.74 Å². The molecule has 7 heteroatoms. The van der Waals surface area contributed by atoms with E-state index in [0.717, 1.165) is 40.2 Å². The van der Waals surface area contributed by atoms with Crippen LogP contribution in [-0.4, -0.2) is 31.8 Å². The van der Waals surface area contributed by atoms with E-state index in [4.69, 9.17) is 4.74 Å². The molecule has 0 saturated heterocycles. The lowest BCUT2D eigenvalue weighted by Crippen LogP contribution is -2.02. The summed E-state index contributed by atoms with van der Waals surface area (Å²) in [7, 11) is 0. The number of halogens is 1. The number of rotatable bonds is 3. The Balaban J connectivity index is 1.65. The Bertz CT molecular complexity index is 781. The van der Waals surface area contributed by atoms with E-state index in [-0.39, 0.29) is 0 Å². The fourth-order valence-corrected chi connectivity index (χ4v) is 3.09. The fraction of sp³-hybridized carbons (Fsp3) is 0.214. The smallest absolute Gasteiger partial charge is 0.130 e. The highest BCUT2D eigenvalue weighted by Gasteiger charge is 2.18. The van der Waals surface area contributed by atoms with E-state index >= 15 is 0 Å². The molecule has 1 aliphatic heterocycles. The van der Waals surface area contributed by atoms with Gasteiger partial charge in [0.1, 0.15) is 11.4 Å². The number of hydrogen-bond acceptors (Lipinski definition) is 4. The van der Waals surface area contributed by atoms with Gasteiger partial charge in [0.05, 0.1) is 25.0 Å². The van der Waals surface area contributed by atoms with E-state index in [1.54, 1.807) is 10.9 Å². The molecule has 0 aliphatic carbocycles. The molecule has 106 valence electrons. The van der Waals surface area contributed by atoms with Crippen LogP contribution in [0.2, 0.25) is 0 Å². The van der Waals surface area contributed by atoms with Crippen molar-refractivity contribution in [1.29, 1.82) is 0 Å². The maximum atomic E-state index is 5.74. The van der Waals surface area contributed by atoms with Gasteiger partial charge in [-0.3, -0.25) is 5.10 Å². The molecule has 0 unspecified atom stereocenters. The number of ether oxygens (including phenoxy) is 1. The van der Waals surface area contributed by atoms with Crippen molar-refractivity contribution in [3.63, 3.8) is 0 Å². The molecular weight excluding hydrogens is 334 g/mol. The van der Waals surface area contributed by atoms with E-state index in [1.165, 1.54) is 5.56 Å². The van der Waals surface area contributed by atoms with Crippen LogP contribution in [0.25, 0.3) is 11.4 Å². The first-order valence-corrected chi connectivity index (χ1v) is 7.43. The Morgan fingerprint density at radius 2 is 2.33 bits per heavy atom. The standard InChI is InChI=1S/C14H12BrN5O/c15-11-5-9-2-4-21-14(9)10(6-11)7-20-8-13(18-19-20)12-1-3-16-17-12/h1,3,5-6,8H,2,4,7H2,(H,16,17). The van der Waals surface area contributed by atoms with Crippen molar-refractivity contribution in [2.45, 2.75) is 13.0 Å². The second-order valence-corrected chi connectivity index (χ2v) is 5.84. The molecule has 0 bridgehead atoms. The molecule has 0 fully saturated rings. The molecule has 0 amide bonds. The highest BCUT2D eigenvalue weighted by atomic mass is 79.9. The predicted molar refractivity (Wildman–Crippen MR) is 80.0 cm³/mol. The van der Waals surface area contributed by atoms with Gasteiger partial charge in [-0.15, -0.1) is 5.10 Å². The van der Waals surface area contributed by atoms with Crippen LogP contribution in [-0.2, 0) is 13.0 Å². The van der Waals surface area contributed by atoms with Crippen molar-refractivity contribution in [2.24, 2.45) is 0 Å². The molecule has 6 nitrogen and oxygen atoms in total. The summed E-state index contributed by atoms with van der Waals surface area (Å²) >= 11 is 3.55. The zero-order valence-electron chi connectivity index (χ0n) is 11.1. The number of nitrogens with zero attached hydrogens (tertiary/aromatic N) is 4. The van der Waals surface area contributed by atoms with Gasteiger partial charge in [-0.2, -0.15) is 5.10 Å². The van der Waals surface area contributed by atoms with E-state index in [2.05, 4.69) is 48.6 Å². The lowest BCUT2D eigenvalue weighted by atomic mass is 10.1. The van der Waals surface area contributed by atoms with Gasteiger partial charge in [0.2, 0.25) is 0 Å². The summed E-state index contributed by atoms with van der Waals surface area (Å²) in [5.41, 5.74) is 3.99. The van der Waals surface area contributed by atoms with Gasteiger partial charge in [-0.25, -0.2) is 4.68 Å². The van der Waals surface area contributed by atoms with E-state index in [9.17, 15) is 0 Å². The topological polar surface area (TPSA) is 68.6 Å². The molecule has 0 atom stereocenters. The summed E-state index contributed by atoms with van der Waals surface area (Å²) in [5.74, 6) is 0.983. The van der Waals surface area contributed by atoms with Crippen LogP contribution in [0.1, 0.15) is 11.1 Å². The number of aromatic nitrogens is 5. The number of nitrogens with one attached hydrogen (secondary N) is 1. The Hall–Kier alpha value is -2.15. The molecule has 2 aromatic heterocycles. The maximum absolute atomic E-state index is 5.74.